The summed E-state index contributed by atoms with van der Waals surface area (Å²) in [5.41, 5.74) is -1.38. The van der Waals surface area contributed by atoms with Gasteiger partial charge in [0.05, 0.1) is 5.56 Å². The van der Waals surface area contributed by atoms with Crippen LogP contribution in [0.2, 0.25) is 0 Å². The summed E-state index contributed by atoms with van der Waals surface area (Å²) in [7, 11) is 0. The van der Waals surface area contributed by atoms with Crippen LogP contribution in [0.4, 0.5) is 27.8 Å². The fraction of sp³-hybridized carbons (Fsp3) is 0.286. The molecule has 6 nitrogen and oxygen atoms in total. The molecule has 0 saturated heterocycles. The number of nitrogens with zero attached hydrogens (tertiary/aromatic N) is 2. The zero-order valence-corrected chi connectivity index (χ0v) is 8.11. The number of nitro groups is 1. The van der Waals surface area contributed by atoms with Crippen molar-refractivity contribution in [2.45, 2.75) is 12.8 Å². The van der Waals surface area contributed by atoms with Gasteiger partial charge in [-0.25, -0.2) is 8.78 Å². The van der Waals surface area contributed by atoms with Gasteiger partial charge in [0.15, 0.2) is 0 Å². The average molecular weight is 274 g/mol. The number of hydrogen-bond donors (Lipinski definition) is 1. The van der Waals surface area contributed by atoms with Crippen molar-refractivity contribution in [1.29, 1.82) is 0 Å². The van der Waals surface area contributed by atoms with E-state index in [0.717, 1.165) is 0 Å². The highest BCUT2D eigenvalue weighted by Crippen LogP contribution is 2.39. The summed E-state index contributed by atoms with van der Waals surface area (Å²) >= 11 is 0. The van der Waals surface area contributed by atoms with Gasteiger partial charge in [0.25, 0.3) is 6.43 Å². The van der Waals surface area contributed by atoms with Crippen molar-refractivity contribution in [3.8, 4) is 11.6 Å². The van der Waals surface area contributed by atoms with E-state index in [2.05, 4.69) is 9.72 Å². The third-order valence-electron chi connectivity index (χ3n) is 1.61. The maximum absolute atomic E-state index is 12.3. The molecule has 0 unspecified atom stereocenters. The molecule has 1 N–H and O–H groups in total. The highest BCUT2D eigenvalue weighted by atomic mass is 19.4. The molecule has 0 saturated carbocycles. The molecule has 11 heteroatoms. The number of pyridine rings is 1. The predicted octanol–water partition coefficient (Wildman–Crippen LogP) is 2.53. The number of aromatic nitrogens is 1. The molecule has 1 rings (SSSR count). The van der Waals surface area contributed by atoms with E-state index >= 15 is 0 Å². The Balaban J connectivity index is 3.36. The Kier molecular flexibility index (Phi) is 3.53. The first-order chi connectivity index (χ1) is 8.11. The van der Waals surface area contributed by atoms with Crippen LogP contribution in [0.1, 0.15) is 12.0 Å². The normalized spacial score (nSPS) is 11.7. The highest BCUT2D eigenvalue weighted by molar-refractivity contribution is 5.46. The van der Waals surface area contributed by atoms with Crippen molar-refractivity contribution in [2.75, 3.05) is 0 Å². The Morgan fingerprint density at radius 3 is 2.39 bits per heavy atom. The molecule has 0 aromatic carbocycles. The van der Waals surface area contributed by atoms with Crippen molar-refractivity contribution < 1.29 is 36.7 Å². The van der Waals surface area contributed by atoms with E-state index in [1.165, 1.54) is 0 Å². The van der Waals surface area contributed by atoms with Gasteiger partial charge in [-0.3, -0.25) is 0 Å². The third-order valence-corrected chi connectivity index (χ3v) is 1.61. The minimum absolute atomic E-state index is 0.156. The Bertz CT molecular complexity index is 476. The van der Waals surface area contributed by atoms with Crippen LogP contribution >= 0.6 is 0 Å². The van der Waals surface area contributed by atoms with Gasteiger partial charge in [0.1, 0.15) is 0 Å². The minimum atomic E-state index is -5.33. The second-order valence-corrected chi connectivity index (χ2v) is 2.83. The Labute approximate surface area is 94.8 Å². The second-order valence-electron chi connectivity index (χ2n) is 2.83. The fourth-order valence-electron chi connectivity index (χ4n) is 0.961. The van der Waals surface area contributed by atoms with Crippen molar-refractivity contribution >= 4 is 5.82 Å². The molecule has 0 amide bonds. The van der Waals surface area contributed by atoms with Crippen LogP contribution in [0.3, 0.4) is 0 Å². The lowest BCUT2D eigenvalue weighted by atomic mass is 10.2. The Hall–Kier alpha value is -2.20. The molecule has 18 heavy (non-hydrogen) atoms. The van der Waals surface area contributed by atoms with E-state index < -0.39 is 40.7 Å². The van der Waals surface area contributed by atoms with Crippen molar-refractivity contribution in [3.05, 3.63) is 21.7 Å². The molecule has 1 aromatic rings. The maximum atomic E-state index is 12.3. The molecule has 0 radical (unpaired) electrons. The summed E-state index contributed by atoms with van der Waals surface area (Å²) in [5.74, 6) is -4.61. The molecule has 0 atom stereocenters. The molecule has 0 aliphatic carbocycles. The van der Waals surface area contributed by atoms with Crippen LogP contribution in [0.25, 0.3) is 0 Å². The van der Waals surface area contributed by atoms with Crippen molar-refractivity contribution in [2.24, 2.45) is 0 Å². The first-order valence-corrected chi connectivity index (χ1v) is 4.04. The van der Waals surface area contributed by atoms with Crippen LogP contribution in [-0.2, 0) is 0 Å². The Morgan fingerprint density at radius 1 is 1.44 bits per heavy atom. The zero-order valence-electron chi connectivity index (χ0n) is 8.11. The minimum Gasteiger partial charge on any atom is -0.501 e. The molecule has 1 heterocycles. The number of aromatic hydroxyl groups is 1. The summed E-state index contributed by atoms with van der Waals surface area (Å²) in [5, 5.41) is 19.3. The second kappa shape index (κ2) is 4.58. The largest absolute Gasteiger partial charge is 0.575 e. The van der Waals surface area contributed by atoms with E-state index in [4.69, 9.17) is 5.11 Å². The van der Waals surface area contributed by atoms with E-state index in [1.54, 1.807) is 0 Å². The van der Waals surface area contributed by atoms with E-state index in [-0.39, 0.29) is 6.07 Å². The van der Waals surface area contributed by atoms with Gasteiger partial charge in [-0.15, -0.1) is 13.2 Å². The quantitative estimate of drug-likeness (QED) is 0.520. The van der Waals surface area contributed by atoms with Crippen LogP contribution in [0.5, 0.6) is 11.6 Å². The third kappa shape index (κ3) is 3.15. The predicted molar refractivity (Wildman–Crippen MR) is 44.2 cm³/mol. The van der Waals surface area contributed by atoms with Gasteiger partial charge in [0, 0.05) is 11.1 Å². The molecular weight excluding hydrogens is 271 g/mol. The maximum Gasteiger partial charge on any atom is 0.575 e. The van der Waals surface area contributed by atoms with Crippen molar-refractivity contribution in [1.82, 2.24) is 4.98 Å². The van der Waals surface area contributed by atoms with Crippen LogP contribution in [0, 0.1) is 10.1 Å². The SMILES string of the molecule is O=[N+]([O-])c1cc(C(F)F)c(O)c(OC(F)(F)F)n1. The lowest BCUT2D eigenvalue weighted by Gasteiger charge is -2.08. The topological polar surface area (TPSA) is 85.5 Å². The standard InChI is InChI=1S/C7H3F5N2O4/c8-5(9)2-1-3(14(16)17)13-6(4(2)15)18-7(10,11)12/h1,5,15H. The Morgan fingerprint density at radius 2 is 2.00 bits per heavy atom. The van der Waals surface area contributed by atoms with Crippen LogP contribution in [-0.4, -0.2) is 21.4 Å². The number of rotatable bonds is 3. The first-order valence-electron chi connectivity index (χ1n) is 4.04. The van der Waals surface area contributed by atoms with Gasteiger partial charge < -0.3 is 20.0 Å². The number of halogens is 5. The lowest BCUT2D eigenvalue weighted by molar-refractivity contribution is -0.390. The molecule has 1 aromatic heterocycles. The van der Waals surface area contributed by atoms with Gasteiger partial charge in [-0.2, -0.15) is 0 Å². The molecule has 0 spiro atoms. The van der Waals surface area contributed by atoms with E-state index in [1.807, 2.05) is 0 Å². The van der Waals surface area contributed by atoms with Crippen LogP contribution < -0.4 is 4.74 Å². The van der Waals surface area contributed by atoms with Gasteiger partial charge in [0.2, 0.25) is 5.75 Å². The average Bonchev–Trinajstić information content (AvgIpc) is 2.18. The van der Waals surface area contributed by atoms with Crippen LogP contribution in [0.15, 0.2) is 6.07 Å². The van der Waals surface area contributed by atoms with Gasteiger partial charge in [-0.1, -0.05) is 0 Å². The number of alkyl halides is 5. The molecule has 0 aliphatic rings. The summed E-state index contributed by atoms with van der Waals surface area (Å²) in [6.07, 6.45) is -8.76. The summed E-state index contributed by atoms with van der Waals surface area (Å²) < 4.78 is 63.4. The van der Waals surface area contributed by atoms with Gasteiger partial charge >= 0.3 is 18.1 Å². The fourth-order valence-corrected chi connectivity index (χ4v) is 0.961. The zero-order chi connectivity index (χ0) is 14.1. The summed E-state index contributed by atoms with van der Waals surface area (Å²) in [4.78, 5) is 11.7. The molecule has 100 valence electrons. The monoisotopic (exact) mass is 274 g/mol. The molecular formula is C7H3F5N2O4. The van der Waals surface area contributed by atoms with Crippen molar-refractivity contribution in [3.63, 3.8) is 0 Å². The smallest absolute Gasteiger partial charge is 0.501 e. The number of ether oxygens (including phenoxy) is 1. The van der Waals surface area contributed by atoms with E-state index in [9.17, 15) is 32.1 Å². The molecule has 0 fully saturated rings. The molecule has 0 bridgehead atoms. The summed E-state index contributed by atoms with van der Waals surface area (Å²) in [6, 6.07) is 0.156. The molecule has 0 aliphatic heterocycles. The van der Waals surface area contributed by atoms with E-state index in [0.29, 0.717) is 0 Å². The lowest BCUT2D eigenvalue weighted by Crippen LogP contribution is -2.18. The summed E-state index contributed by atoms with van der Waals surface area (Å²) in [6.45, 7) is 0. The highest BCUT2D eigenvalue weighted by Gasteiger charge is 2.37. The number of hydrogen-bond acceptors (Lipinski definition) is 5. The first kappa shape index (κ1) is 13.9. The van der Waals surface area contributed by atoms with Gasteiger partial charge in [-0.05, 0) is 4.92 Å².